The molecular formula is C12H20BrClN2O2S. The van der Waals surface area contributed by atoms with Crippen LogP contribution in [-0.2, 0) is 10.0 Å². The fourth-order valence-electron chi connectivity index (χ4n) is 1.60. The van der Waals surface area contributed by atoms with E-state index < -0.39 is 10.0 Å². The molecule has 1 aromatic rings. The highest BCUT2D eigenvalue weighted by molar-refractivity contribution is 9.10. The second-order valence-corrected chi connectivity index (χ2v) is 6.87. The first kappa shape index (κ1) is 18.9. The van der Waals surface area contributed by atoms with Crippen molar-refractivity contribution in [3.8, 4) is 0 Å². The highest BCUT2D eigenvalue weighted by Gasteiger charge is 2.17. The fourth-order valence-corrected chi connectivity index (χ4v) is 3.51. The molecule has 0 aliphatic heterocycles. The molecule has 0 bridgehead atoms. The molecule has 0 heterocycles. The van der Waals surface area contributed by atoms with Crippen molar-refractivity contribution < 1.29 is 8.42 Å². The Hall–Kier alpha value is -0.140. The molecule has 0 saturated heterocycles. The number of halogens is 2. The molecule has 1 atom stereocenters. The zero-order valence-electron chi connectivity index (χ0n) is 11.2. The normalized spacial score (nSPS) is 12.8. The Balaban J connectivity index is 0.00000324. The molecule has 7 heteroatoms. The molecule has 0 radical (unpaired) electrons. The highest BCUT2D eigenvalue weighted by Crippen LogP contribution is 2.20. The predicted octanol–water partition coefficient (Wildman–Crippen LogP) is 2.46. The molecule has 0 aliphatic carbocycles. The molecule has 0 spiro atoms. The van der Waals surface area contributed by atoms with E-state index in [2.05, 4.69) is 26.0 Å². The molecule has 110 valence electrons. The molecule has 1 aromatic carbocycles. The number of hydrogen-bond donors (Lipinski definition) is 2. The minimum absolute atomic E-state index is 0. The summed E-state index contributed by atoms with van der Waals surface area (Å²) in [5.74, 6) is 0. The Morgan fingerprint density at radius 1 is 1.37 bits per heavy atom. The van der Waals surface area contributed by atoms with Crippen LogP contribution >= 0.6 is 28.3 Å². The van der Waals surface area contributed by atoms with Crippen molar-refractivity contribution in [1.29, 1.82) is 0 Å². The maximum Gasteiger partial charge on any atom is 0.240 e. The molecule has 0 fully saturated rings. The summed E-state index contributed by atoms with van der Waals surface area (Å²) in [5.41, 5.74) is 0.738. The Morgan fingerprint density at radius 2 is 2.00 bits per heavy atom. The van der Waals surface area contributed by atoms with Gasteiger partial charge in [0.25, 0.3) is 0 Å². The van der Waals surface area contributed by atoms with Crippen LogP contribution in [0, 0.1) is 6.92 Å². The summed E-state index contributed by atoms with van der Waals surface area (Å²) in [6, 6.07) is 5.34. The average molecular weight is 372 g/mol. The van der Waals surface area contributed by atoms with Gasteiger partial charge in [-0.2, -0.15) is 0 Å². The molecule has 0 saturated carbocycles. The third-order valence-electron chi connectivity index (χ3n) is 2.57. The van der Waals surface area contributed by atoms with Crippen molar-refractivity contribution in [2.24, 2.45) is 0 Å². The molecule has 0 amide bonds. The SMILES string of the molecule is CCN[C@H](C)CNS(=O)(=O)c1cc(Br)ccc1C.Cl. The average Bonchev–Trinajstić information content (AvgIpc) is 2.30. The van der Waals surface area contributed by atoms with Gasteiger partial charge in [0.1, 0.15) is 0 Å². The van der Waals surface area contributed by atoms with Gasteiger partial charge in [-0.15, -0.1) is 12.4 Å². The van der Waals surface area contributed by atoms with E-state index in [1.165, 1.54) is 0 Å². The Labute approximate surface area is 130 Å². The van der Waals surface area contributed by atoms with Gasteiger partial charge in [-0.3, -0.25) is 0 Å². The van der Waals surface area contributed by atoms with Gasteiger partial charge < -0.3 is 5.32 Å². The summed E-state index contributed by atoms with van der Waals surface area (Å²) in [7, 11) is -3.45. The van der Waals surface area contributed by atoms with Crippen LogP contribution in [0.25, 0.3) is 0 Å². The summed E-state index contributed by atoms with van der Waals surface area (Å²) in [6.45, 7) is 6.92. The predicted molar refractivity (Wildman–Crippen MR) is 84.5 cm³/mol. The summed E-state index contributed by atoms with van der Waals surface area (Å²) in [5, 5.41) is 3.16. The lowest BCUT2D eigenvalue weighted by Crippen LogP contribution is -2.38. The number of nitrogens with one attached hydrogen (secondary N) is 2. The quantitative estimate of drug-likeness (QED) is 0.807. The van der Waals surface area contributed by atoms with Gasteiger partial charge in [0.2, 0.25) is 10.0 Å². The summed E-state index contributed by atoms with van der Waals surface area (Å²) >= 11 is 3.29. The van der Waals surface area contributed by atoms with E-state index in [-0.39, 0.29) is 18.4 Å². The van der Waals surface area contributed by atoms with Crippen LogP contribution in [0.4, 0.5) is 0 Å². The third-order valence-corrected chi connectivity index (χ3v) is 4.63. The maximum absolute atomic E-state index is 12.2. The molecule has 0 unspecified atom stereocenters. The lowest BCUT2D eigenvalue weighted by atomic mass is 10.2. The van der Waals surface area contributed by atoms with Crippen molar-refractivity contribution in [2.75, 3.05) is 13.1 Å². The van der Waals surface area contributed by atoms with Gasteiger partial charge >= 0.3 is 0 Å². The van der Waals surface area contributed by atoms with Crippen LogP contribution in [0.15, 0.2) is 27.6 Å². The number of rotatable bonds is 6. The Bertz CT molecular complexity index is 508. The minimum atomic E-state index is -3.45. The first-order chi connectivity index (χ1) is 8.36. The molecule has 0 aromatic heterocycles. The summed E-state index contributed by atoms with van der Waals surface area (Å²) < 4.78 is 27.7. The van der Waals surface area contributed by atoms with Crippen molar-refractivity contribution >= 4 is 38.4 Å². The van der Waals surface area contributed by atoms with Gasteiger partial charge in [0.15, 0.2) is 0 Å². The van der Waals surface area contributed by atoms with Crippen LogP contribution in [0.1, 0.15) is 19.4 Å². The van der Waals surface area contributed by atoms with Crippen molar-refractivity contribution in [3.63, 3.8) is 0 Å². The van der Waals surface area contributed by atoms with Crippen LogP contribution in [0.3, 0.4) is 0 Å². The Morgan fingerprint density at radius 3 is 2.58 bits per heavy atom. The number of benzene rings is 1. The zero-order valence-corrected chi connectivity index (χ0v) is 14.5. The monoisotopic (exact) mass is 370 g/mol. The summed E-state index contributed by atoms with van der Waals surface area (Å²) in [4.78, 5) is 0.320. The standard InChI is InChI=1S/C12H19BrN2O2S.ClH/c1-4-14-10(3)8-15-18(16,17)12-7-11(13)6-5-9(12)2;/h5-7,10,14-15H,4,8H2,1-3H3;1H/t10-;/m1./s1. The van der Waals surface area contributed by atoms with E-state index in [0.717, 1.165) is 16.6 Å². The van der Waals surface area contributed by atoms with E-state index in [0.29, 0.717) is 11.4 Å². The maximum atomic E-state index is 12.2. The minimum Gasteiger partial charge on any atom is -0.313 e. The number of aryl methyl sites for hydroxylation is 1. The number of hydrogen-bond acceptors (Lipinski definition) is 3. The molecular weight excluding hydrogens is 352 g/mol. The molecule has 19 heavy (non-hydrogen) atoms. The van der Waals surface area contributed by atoms with E-state index in [4.69, 9.17) is 0 Å². The number of sulfonamides is 1. The van der Waals surface area contributed by atoms with Crippen LogP contribution in [0.2, 0.25) is 0 Å². The van der Waals surface area contributed by atoms with Gasteiger partial charge in [-0.25, -0.2) is 13.1 Å². The fraction of sp³-hybridized carbons (Fsp3) is 0.500. The lowest BCUT2D eigenvalue weighted by molar-refractivity contribution is 0.536. The molecule has 0 aliphatic rings. The smallest absolute Gasteiger partial charge is 0.240 e. The van der Waals surface area contributed by atoms with Crippen molar-refractivity contribution in [3.05, 3.63) is 28.2 Å². The van der Waals surface area contributed by atoms with Gasteiger partial charge in [-0.1, -0.05) is 28.9 Å². The van der Waals surface area contributed by atoms with Gasteiger partial charge in [0.05, 0.1) is 4.90 Å². The second kappa shape index (κ2) is 8.21. The van der Waals surface area contributed by atoms with Crippen LogP contribution < -0.4 is 10.0 Å². The van der Waals surface area contributed by atoms with E-state index in [9.17, 15) is 8.42 Å². The van der Waals surface area contributed by atoms with Gasteiger partial charge in [0, 0.05) is 17.1 Å². The second-order valence-electron chi connectivity index (χ2n) is 4.22. The van der Waals surface area contributed by atoms with Gasteiger partial charge in [-0.05, 0) is 38.1 Å². The Kier molecular flexibility index (Phi) is 8.15. The van der Waals surface area contributed by atoms with E-state index >= 15 is 0 Å². The van der Waals surface area contributed by atoms with Crippen LogP contribution in [0.5, 0.6) is 0 Å². The summed E-state index contributed by atoms with van der Waals surface area (Å²) in [6.07, 6.45) is 0. The third kappa shape index (κ3) is 5.79. The molecule has 1 rings (SSSR count). The van der Waals surface area contributed by atoms with E-state index in [1.807, 2.05) is 19.9 Å². The van der Waals surface area contributed by atoms with Crippen LogP contribution in [-0.4, -0.2) is 27.5 Å². The van der Waals surface area contributed by atoms with Crippen molar-refractivity contribution in [2.45, 2.75) is 31.7 Å². The topological polar surface area (TPSA) is 58.2 Å². The number of likely N-dealkylation sites (N-methyl/N-ethyl adjacent to an activating group) is 1. The van der Waals surface area contributed by atoms with Crippen molar-refractivity contribution in [1.82, 2.24) is 10.0 Å². The lowest BCUT2D eigenvalue weighted by Gasteiger charge is -2.14. The zero-order chi connectivity index (χ0) is 13.8. The molecule has 2 N–H and O–H groups in total. The molecule has 4 nitrogen and oxygen atoms in total. The first-order valence-corrected chi connectivity index (χ1v) is 8.13. The first-order valence-electron chi connectivity index (χ1n) is 5.86. The van der Waals surface area contributed by atoms with E-state index in [1.54, 1.807) is 19.1 Å². The largest absolute Gasteiger partial charge is 0.313 e. The highest BCUT2D eigenvalue weighted by atomic mass is 79.9.